The van der Waals surface area contributed by atoms with E-state index in [4.69, 9.17) is 0 Å². The Morgan fingerprint density at radius 2 is 2.15 bits per heavy atom. The lowest BCUT2D eigenvalue weighted by molar-refractivity contribution is 0.548. The van der Waals surface area contributed by atoms with Crippen molar-refractivity contribution in [2.75, 3.05) is 0 Å². The third-order valence-electron chi connectivity index (χ3n) is 2.05. The van der Waals surface area contributed by atoms with Crippen LogP contribution in [-0.4, -0.2) is 9.78 Å². The SMILES string of the molecule is CC(C)n1ncc2ccc(F)cc21. The zero-order chi connectivity index (χ0) is 9.42. The summed E-state index contributed by atoms with van der Waals surface area (Å²) in [6, 6.07) is 4.98. The van der Waals surface area contributed by atoms with Gasteiger partial charge >= 0.3 is 0 Å². The van der Waals surface area contributed by atoms with Gasteiger partial charge in [0.05, 0.1) is 11.7 Å². The Balaban J connectivity index is 2.71. The minimum absolute atomic E-state index is 0.213. The molecule has 0 amide bonds. The molecule has 68 valence electrons. The van der Waals surface area contributed by atoms with Crippen LogP contribution in [-0.2, 0) is 0 Å². The smallest absolute Gasteiger partial charge is 0.125 e. The molecule has 1 heterocycles. The normalized spacial score (nSPS) is 11.4. The van der Waals surface area contributed by atoms with Crippen LogP contribution in [0.4, 0.5) is 4.39 Å². The first-order valence-corrected chi connectivity index (χ1v) is 4.31. The number of hydrogen-bond donors (Lipinski definition) is 0. The molecule has 13 heavy (non-hydrogen) atoms. The molecule has 2 nitrogen and oxygen atoms in total. The second-order valence-electron chi connectivity index (χ2n) is 3.39. The molecule has 2 aromatic rings. The number of nitrogens with zero attached hydrogens (tertiary/aromatic N) is 2. The molecule has 0 unspecified atom stereocenters. The summed E-state index contributed by atoms with van der Waals surface area (Å²) in [6.45, 7) is 4.05. The minimum Gasteiger partial charge on any atom is -0.262 e. The van der Waals surface area contributed by atoms with Crippen molar-refractivity contribution in [3.8, 4) is 0 Å². The molecule has 0 spiro atoms. The van der Waals surface area contributed by atoms with Crippen molar-refractivity contribution in [2.45, 2.75) is 19.9 Å². The first-order valence-electron chi connectivity index (χ1n) is 4.31. The van der Waals surface area contributed by atoms with Gasteiger partial charge in [-0.2, -0.15) is 5.10 Å². The lowest BCUT2D eigenvalue weighted by Gasteiger charge is -2.06. The van der Waals surface area contributed by atoms with E-state index in [2.05, 4.69) is 5.10 Å². The Labute approximate surface area is 76.0 Å². The third-order valence-corrected chi connectivity index (χ3v) is 2.05. The maximum absolute atomic E-state index is 12.9. The fourth-order valence-electron chi connectivity index (χ4n) is 1.42. The van der Waals surface area contributed by atoms with E-state index in [-0.39, 0.29) is 11.9 Å². The van der Waals surface area contributed by atoms with Gasteiger partial charge in [0.1, 0.15) is 5.82 Å². The summed E-state index contributed by atoms with van der Waals surface area (Å²) in [4.78, 5) is 0. The van der Waals surface area contributed by atoms with E-state index in [0.29, 0.717) is 0 Å². The molecule has 2 rings (SSSR count). The van der Waals surface area contributed by atoms with Crippen LogP contribution >= 0.6 is 0 Å². The van der Waals surface area contributed by atoms with Crippen LogP contribution in [0.2, 0.25) is 0 Å². The van der Waals surface area contributed by atoms with Gasteiger partial charge in [-0.15, -0.1) is 0 Å². The number of benzene rings is 1. The molecule has 1 aromatic heterocycles. The van der Waals surface area contributed by atoms with Crippen molar-refractivity contribution >= 4 is 10.9 Å². The molecule has 0 radical (unpaired) electrons. The summed E-state index contributed by atoms with van der Waals surface area (Å²) >= 11 is 0. The van der Waals surface area contributed by atoms with Gasteiger partial charge < -0.3 is 0 Å². The van der Waals surface area contributed by atoms with Crippen molar-refractivity contribution in [3.05, 3.63) is 30.2 Å². The monoisotopic (exact) mass is 178 g/mol. The molecular weight excluding hydrogens is 167 g/mol. The fourth-order valence-corrected chi connectivity index (χ4v) is 1.42. The highest BCUT2D eigenvalue weighted by atomic mass is 19.1. The Morgan fingerprint density at radius 3 is 2.85 bits per heavy atom. The summed E-state index contributed by atoms with van der Waals surface area (Å²) in [7, 11) is 0. The van der Waals surface area contributed by atoms with E-state index in [0.717, 1.165) is 10.9 Å². The van der Waals surface area contributed by atoms with Crippen LogP contribution in [0.25, 0.3) is 10.9 Å². The maximum Gasteiger partial charge on any atom is 0.125 e. The van der Waals surface area contributed by atoms with Gasteiger partial charge in [-0.05, 0) is 32.0 Å². The second-order valence-corrected chi connectivity index (χ2v) is 3.39. The fraction of sp³-hybridized carbons (Fsp3) is 0.300. The molecule has 0 bridgehead atoms. The molecule has 0 aliphatic carbocycles. The molecular formula is C10H11FN2. The van der Waals surface area contributed by atoms with Crippen molar-refractivity contribution in [2.24, 2.45) is 0 Å². The van der Waals surface area contributed by atoms with Crippen molar-refractivity contribution in [1.82, 2.24) is 9.78 Å². The average molecular weight is 178 g/mol. The predicted octanol–water partition coefficient (Wildman–Crippen LogP) is 2.76. The third kappa shape index (κ3) is 1.30. The summed E-state index contributed by atoms with van der Waals surface area (Å²) in [6.07, 6.45) is 1.76. The second kappa shape index (κ2) is 2.83. The molecule has 0 saturated carbocycles. The molecule has 0 fully saturated rings. The summed E-state index contributed by atoms with van der Waals surface area (Å²) < 4.78 is 14.7. The summed E-state index contributed by atoms with van der Waals surface area (Å²) in [5, 5.41) is 5.17. The number of hydrogen-bond acceptors (Lipinski definition) is 1. The van der Waals surface area contributed by atoms with Crippen LogP contribution in [0.15, 0.2) is 24.4 Å². The van der Waals surface area contributed by atoms with Gasteiger partial charge in [0.15, 0.2) is 0 Å². The van der Waals surface area contributed by atoms with Crippen molar-refractivity contribution in [1.29, 1.82) is 0 Å². The average Bonchev–Trinajstić information content (AvgIpc) is 2.46. The van der Waals surface area contributed by atoms with Crippen LogP contribution < -0.4 is 0 Å². The zero-order valence-electron chi connectivity index (χ0n) is 7.66. The highest BCUT2D eigenvalue weighted by molar-refractivity contribution is 5.78. The van der Waals surface area contributed by atoms with Crippen LogP contribution in [0.3, 0.4) is 0 Å². The predicted molar refractivity (Wildman–Crippen MR) is 50.1 cm³/mol. The molecule has 0 N–H and O–H groups in total. The van der Waals surface area contributed by atoms with Gasteiger partial charge in [0, 0.05) is 11.4 Å². The van der Waals surface area contributed by atoms with Gasteiger partial charge in [0.2, 0.25) is 0 Å². The van der Waals surface area contributed by atoms with Gasteiger partial charge in [-0.3, -0.25) is 4.68 Å². The molecule has 3 heteroatoms. The molecule has 0 saturated heterocycles. The van der Waals surface area contributed by atoms with E-state index in [1.54, 1.807) is 12.3 Å². The van der Waals surface area contributed by atoms with E-state index in [1.165, 1.54) is 12.1 Å². The lowest BCUT2D eigenvalue weighted by Crippen LogP contribution is -2.01. The van der Waals surface area contributed by atoms with Crippen molar-refractivity contribution < 1.29 is 4.39 Å². The van der Waals surface area contributed by atoms with E-state index >= 15 is 0 Å². The highest BCUT2D eigenvalue weighted by Crippen LogP contribution is 2.18. The first-order chi connectivity index (χ1) is 6.18. The van der Waals surface area contributed by atoms with Crippen LogP contribution in [0, 0.1) is 5.82 Å². The quantitative estimate of drug-likeness (QED) is 0.656. The van der Waals surface area contributed by atoms with Gasteiger partial charge in [-0.25, -0.2) is 4.39 Å². The number of aromatic nitrogens is 2. The summed E-state index contributed by atoms with van der Waals surface area (Å²) in [5.74, 6) is -0.213. The van der Waals surface area contributed by atoms with Crippen LogP contribution in [0.1, 0.15) is 19.9 Å². The highest BCUT2D eigenvalue weighted by Gasteiger charge is 2.05. The number of halogens is 1. The van der Waals surface area contributed by atoms with E-state index in [9.17, 15) is 4.39 Å². The topological polar surface area (TPSA) is 17.8 Å². The summed E-state index contributed by atoms with van der Waals surface area (Å²) in [5.41, 5.74) is 0.856. The lowest BCUT2D eigenvalue weighted by atomic mass is 10.2. The largest absolute Gasteiger partial charge is 0.262 e. The number of rotatable bonds is 1. The van der Waals surface area contributed by atoms with Gasteiger partial charge in [0.25, 0.3) is 0 Å². The van der Waals surface area contributed by atoms with E-state index < -0.39 is 0 Å². The van der Waals surface area contributed by atoms with Crippen LogP contribution in [0.5, 0.6) is 0 Å². The number of fused-ring (bicyclic) bond motifs is 1. The Morgan fingerprint density at radius 1 is 1.38 bits per heavy atom. The molecule has 0 atom stereocenters. The Kier molecular flexibility index (Phi) is 1.79. The molecule has 0 aliphatic rings. The minimum atomic E-state index is -0.213. The zero-order valence-corrected chi connectivity index (χ0v) is 7.66. The Bertz CT molecular complexity index is 431. The Hall–Kier alpha value is -1.38. The van der Waals surface area contributed by atoms with E-state index in [1.807, 2.05) is 18.5 Å². The maximum atomic E-state index is 12.9. The van der Waals surface area contributed by atoms with Gasteiger partial charge in [-0.1, -0.05) is 0 Å². The van der Waals surface area contributed by atoms with Crippen molar-refractivity contribution in [3.63, 3.8) is 0 Å². The standard InChI is InChI=1S/C10H11FN2/c1-7(2)13-10-5-9(11)4-3-8(10)6-12-13/h3-7H,1-2H3. The molecule has 0 aliphatic heterocycles. The first kappa shape index (κ1) is 8.23. The molecule has 1 aromatic carbocycles.